The molecule has 0 saturated carbocycles. The van der Waals surface area contributed by atoms with Crippen LogP contribution in [-0.4, -0.2) is 23.7 Å². The van der Waals surface area contributed by atoms with Gasteiger partial charge in [0.2, 0.25) is 0 Å². The number of carbonyl (C=O) groups excluding carboxylic acids is 1. The molecular weight excluding hydrogens is 474 g/mol. The highest BCUT2D eigenvalue weighted by Crippen LogP contribution is 2.27. The van der Waals surface area contributed by atoms with Gasteiger partial charge in [-0.1, -0.05) is 58.4 Å². The first-order valence-corrected chi connectivity index (χ1v) is 10.7. The maximum absolute atomic E-state index is 12.3. The Morgan fingerprint density at radius 2 is 2.03 bits per heavy atom. The van der Waals surface area contributed by atoms with Gasteiger partial charge in [-0.05, 0) is 41.5 Å². The lowest BCUT2D eigenvalue weighted by molar-refractivity contribution is 0.0912. The van der Waals surface area contributed by atoms with Crippen LogP contribution in [0.25, 0.3) is 10.8 Å². The summed E-state index contributed by atoms with van der Waals surface area (Å²) in [6.45, 7) is 2.62. The molecule has 0 radical (unpaired) electrons. The van der Waals surface area contributed by atoms with Gasteiger partial charge in [0.15, 0.2) is 0 Å². The van der Waals surface area contributed by atoms with E-state index in [1.807, 2.05) is 67.6 Å². The van der Waals surface area contributed by atoms with Crippen molar-refractivity contribution in [2.45, 2.75) is 13.5 Å². The number of nitrogens with one attached hydrogen (secondary N) is 1. The van der Waals surface area contributed by atoms with E-state index in [9.17, 15) is 4.79 Å². The second kappa shape index (κ2) is 10.1. The molecule has 4 aromatic rings. The number of hydrazone groups is 1. The summed E-state index contributed by atoms with van der Waals surface area (Å²) in [7, 11) is 0. The Morgan fingerprint density at radius 1 is 1.16 bits per heavy atom. The number of fused-ring (bicyclic) bond motifs is 1. The predicted molar refractivity (Wildman–Crippen MR) is 125 cm³/mol. The zero-order chi connectivity index (χ0) is 22.3. The predicted octanol–water partition coefficient (Wildman–Crippen LogP) is 5.33. The van der Waals surface area contributed by atoms with Gasteiger partial charge in [-0.3, -0.25) is 4.79 Å². The molecule has 32 heavy (non-hydrogen) atoms. The van der Waals surface area contributed by atoms with Gasteiger partial charge >= 0.3 is 11.9 Å². The van der Waals surface area contributed by atoms with Gasteiger partial charge < -0.3 is 13.9 Å². The van der Waals surface area contributed by atoms with Crippen molar-refractivity contribution in [2.75, 3.05) is 6.61 Å². The Hall–Kier alpha value is -3.65. The molecule has 8 heteroatoms. The van der Waals surface area contributed by atoms with E-state index in [0.29, 0.717) is 19.0 Å². The van der Waals surface area contributed by atoms with Gasteiger partial charge in [0.25, 0.3) is 5.89 Å². The van der Waals surface area contributed by atoms with Gasteiger partial charge in [-0.15, -0.1) is 0 Å². The van der Waals surface area contributed by atoms with Crippen LogP contribution in [-0.2, 0) is 6.61 Å². The maximum atomic E-state index is 12.3. The highest BCUT2D eigenvalue weighted by atomic mass is 79.9. The van der Waals surface area contributed by atoms with Gasteiger partial charge in [0.1, 0.15) is 18.6 Å². The highest BCUT2D eigenvalue weighted by molar-refractivity contribution is 9.10. The molecule has 4 rings (SSSR count). The summed E-state index contributed by atoms with van der Waals surface area (Å²) >= 11 is 3.47. The molecule has 1 N–H and O–H groups in total. The van der Waals surface area contributed by atoms with Crippen molar-refractivity contribution < 1.29 is 18.7 Å². The average molecular weight is 494 g/mol. The van der Waals surface area contributed by atoms with Crippen LogP contribution in [0.5, 0.6) is 11.7 Å². The van der Waals surface area contributed by atoms with Crippen molar-refractivity contribution in [1.82, 2.24) is 10.4 Å². The van der Waals surface area contributed by atoms with Crippen LogP contribution < -0.4 is 14.9 Å². The van der Waals surface area contributed by atoms with E-state index in [-0.39, 0.29) is 11.8 Å². The lowest BCUT2D eigenvalue weighted by Crippen LogP contribution is -2.18. The van der Waals surface area contributed by atoms with Crippen molar-refractivity contribution in [3.05, 3.63) is 88.4 Å². The molecule has 0 saturated heterocycles. The largest absolute Gasteiger partial charge is 0.488 e. The summed E-state index contributed by atoms with van der Waals surface area (Å²) in [6, 6.07) is 19.7. The smallest absolute Gasteiger partial charge is 0.327 e. The molecule has 162 valence electrons. The number of hydrogen-bond donors (Lipinski definition) is 1. The van der Waals surface area contributed by atoms with Crippen LogP contribution in [0.15, 0.2) is 80.9 Å². The first-order chi connectivity index (χ1) is 15.6. The Balaban J connectivity index is 1.55. The molecular formula is C24H20BrN3O4. The van der Waals surface area contributed by atoms with Crippen molar-refractivity contribution >= 4 is 38.8 Å². The highest BCUT2D eigenvalue weighted by Gasteiger charge is 2.13. The van der Waals surface area contributed by atoms with Crippen molar-refractivity contribution in [3.8, 4) is 11.7 Å². The fourth-order valence-electron chi connectivity index (χ4n) is 3.10. The molecule has 1 amide bonds. The number of benzene rings is 3. The zero-order valence-electron chi connectivity index (χ0n) is 17.2. The molecule has 0 fully saturated rings. The van der Waals surface area contributed by atoms with Gasteiger partial charge in [-0.2, -0.15) is 5.10 Å². The molecule has 0 unspecified atom stereocenters. The SMILES string of the molecule is CCOc1cnc(C(=O)N/N=C/c2c(OCc3cccc(Br)c3)ccc3ccccc23)o1. The van der Waals surface area contributed by atoms with Crippen LogP contribution in [0.3, 0.4) is 0 Å². The van der Waals surface area contributed by atoms with E-state index in [1.165, 1.54) is 6.20 Å². The number of halogens is 1. The van der Waals surface area contributed by atoms with Gasteiger partial charge in [0.05, 0.1) is 12.8 Å². The summed E-state index contributed by atoms with van der Waals surface area (Å²) in [6.07, 6.45) is 2.91. The Kier molecular flexibility index (Phi) is 6.81. The molecule has 1 heterocycles. The van der Waals surface area contributed by atoms with Crippen LogP contribution in [0.2, 0.25) is 0 Å². The fourth-order valence-corrected chi connectivity index (χ4v) is 3.55. The van der Waals surface area contributed by atoms with Crippen LogP contribution in [0.4, 0.5) is 0 Å². The minimum absolute atomic E-state index is 0.130. The second-order valence-electron chi connectivity index (χ2n) is 6.73. The van der Waals surface area contributed by atoms with E-state index in [4.69, 9.17) is 13.9 Å². The van der Waals surface area contributed by atoms with Gasteiger partial charge in [0, 0.05) is 10.0 Å². The molecule has 0 aliphatic heterocycles. The third kappa shape index (κ3) is 5.15. The van der Waals surface area contributed by atoms with E-state index in [0.717, 1.165) is 26.4 Å². The number of oxazole rings is 1. The van der Waals surface area contributed by atoms with E-state index in [1.54, 1.807) is 6.21 Å². The Morgan fingerprint density at radius 3 is 2.88 bits per heavy atom. The minimum Gasteiger partial charge on any atom is -0.488 e. The number of ether oxygens (including phenoxy) is 2. The minimum atomic E-state index is -0.580. The molecule has 7 nitrogen and oxygen atoms in total. The van der Waals surface area contributed by atoms with Crippen molar-refractivity contribution in [3.63, 3.8) is 0 Å². The third-order valence-electron chi connectivity index (χ3n) is 4.54. The summed E-state index contributed by atoms with van der Waals surface area (Å²) in [5, 5.41) is 6.08. The first-order valence-electron chi connectivity index (χ1n) is 9.95. The molecule has 0 atom stereocenters. The molecule has 0 spiro atoms. The Bertz CT molecular complexity index is 1270. The summed E-state index contributed by atoms with van der Waals surface area (Å²) in [5.41, 5.74) is 4.21. The number of rotatable bonds is 8. The molecule has 3 aromatic carbocycles. The summed E-state index contributed by atoms with van der Waals surface area (Å²) in [4.78, 5) is 16.2. The topological polar surface area (TPSA) is 86.0 Å². The normalized spacial score (nSPS) is 11.1. The Labute approximate surface area is 193 Å². The number of nitrogens with zero attached hydrogens (tertiary/aromatic N) is 2. The van der Waals surface area contributed by atoms with Crippen molar-refractivity contribution in [1.29, 1.82) is 0 Å². The average Bonchev–Trinajstić information content (AvgIpc) is 3.27. The second-order valence-corrected chi connectivity index (χ2v) is 7.65. The number of carbonyl (C=O) groups is 1. The van der Waals surface area contributed by atoms with E-state index in [2.05, 4.69) is 31.4 Å². The van der Waals surface area contributed by atoms with Gasteiger partial charge in [-0.25, -0.2) is 10.4 Å². The third-order valence-corrected chi connectivity index (χ3v) is 5.03. The monoisotopic (exact) mass is 493 g/mol. The number of aromatic nitrogens is 1. The zero-order valence-corrected chi connectivity index (χ0v) is 18.8. The molecule has 0 aliphatic carbocycles. The van der Waals surface area contributed by atoms with Crippen LogP contribution >= 0.6 is 15.9 Å². The summed E-state index contributed by atoms with van der Waals surface area (Å²) < 4.78 is 17.5. The fraction of sp³-hybridized carbons (Fsp3) is 0.125. The van der Waals surface area contributed by atoms with Crippen molar-refractivity contribution in [2.24, 2.45) is 5.10 Å². The first kappa shape index (κ1) is 21.6. The number of amides is 1. The van der Waals surface area contributed by atoms with Crippen LogP contribution in [0, 0.1) is 0 Å². The maximum Gasteiger partial charge on any atom is 0.327 e. The summed E-state index contributed by atoms with van der Waals surface area (Å²) in [5.74, 6) is 0.119. The quantitative estimate of drug-likeness (QED) is 0.264. The van der Waals surface area contributed by atoms with E-state index >= 15 is 0 Å². The molecule has 1 aromatic heterocycles. The molecule has 0 aliphatic rings. The molecule has 0 bridgehead atoms. The lowest BCUT2D eigenvalue weighted by atomic mass is 10.0. The lowest BCUT2D eigenvalue weighted by Gasteiger charge is -2.12. The number of hydrogen-bond acceptors (Lipinski definition) is 6. The standard InChI is InChI=1S/C24H20BrN3O4/c1-2-30-22-14-26-24(32-22)23(29)28-27-13-20-19-9-4-3-7-17(19)10-11-21(20)31-15-16-6-5-8-18(25)12-16/h3-14H,2,15H2,1H3,(H,28,29)/b27-13+. The van der Waals surface area contributed by atoms with E-state index < -0.39 is 5.91 Å². The van der Waals surface area contributed by atoms with Crippen LogP contribution in [0.1, 0.15) is 28.7 Å².